The summed E-state index contributed by atoms with van der Waals surface area (Å²) >= 11 is 0. The van der Waals surface area contributed by atoms with Gasteiger partial charge in [0.25, 0.3) is 0 Å². The molecule has 0 spiro atoms. The van der Waals surface area contributed by atoms with Crippen LogP contribution in [0.15, 0.2) is 27.8 Å². The van der Waals surface area contributed by atoms with E-state index in [4.69, 9.17) is 18.9 Å². The van der Waals surface area contributed by atoms with Gasteiger partial charge in [0.05, 0.1) is 19.5 Å². The molecule has 0 atom stereocenters. The maximum atomic E-state index is 5.64. The van der Waals surface area contributed by atoms with E-state index in [2.05, 4.69) is 10.6 Å². The van der Waals surface area contributed by atoms with Crippen molar-refractivity contribution in [2.45, 2.75) is 57.3 Å². The summed E-state index contributed by atoms with van der Waals surface area (Å²) in [5.41, 5.74) is 0. The Hall–Kier alpha value is -0.800. The predicted octanol–water partition coefficient (Wildman–Crippen LogP) is 3.07. The first-order chi connectivity index (χ1) is 11.7. The molecule has 25 heavy (non-hydrogen) atoms. The van der Waals surface area contributed by atoms with E-state index in [1.54, 1.807) is 6.26 Å². The lowest BCUT2D eigenvalue weighted by Gasteiger charge is -2.22. The van der Waals surface area contributed by atoms with Crippen LogP contribution in [0.25, 0.3) is 0 Å². The van der Waals surface area contributed by atoms with Crippen molar-refractivity contribution in [1.82, 2.24) is 10.6 Å². The van der Waals surface area contributed by atoms with Crippen LogP contribution in [0.4, 0.5) is 0 Å². The van der Waals surface area contributed by atoms with Gasteiger partial charge in [-0.3, -0.25) is 4.99 Å². The van der Waals surface area contributed by atoms with Crippen LogP contribution in [0.2, 0.25) is 0 Å². The Balaban J connectivity index is 0.00000225. The van der Waals surface area contributed by atoms with E-state index in [1.807, 2.05) is 19.1 Å². The lowest BCUT2D eigenvalue weighted by molar-refractivity contribution is -0.144. The van der Waals surface area contributed by atoms with Gasteiger partial charge in [0.2, 0.25) is 0 Å². The topological polar surface area (TPSA) is 68.0 Å². The maximum absolute atomic E-state index is 5.64. The summed E-state index contributed by atoms with van der Waals surface area (Å²) in [5, 5.41) is 6.98. The van der Waals surface area contributed by atoms with Gasteiger partial charge in [-0.15, -0.1) is 24.0 Å². The van der Waals surface area contributed by atoms with Crippen LogP contribution in [-0.2, 0) is 15.9 Å². The minimum absolute atomic E-state index is 0. The van der Waals surface area contributed by atoms with E-state index in [-0.39, 0.29) is 24.0 Å². The molecule has 0 amide bonds. The zero-order chi connectivity index (χ0) is 16.7. The highest BCUT2D eigenvalue weighted by Crippen LogP contribution is 2.22. The smallest absolute Gasteiger partial charge is 0.191 e. The molecule has 1 saturated heterocycles. The van der Waals surface area contributed by atoms with Gasteiger partial charge in [-0.1, -0.05) is 12.8 Å². The zero-order valence-corrected chi connectivity index (χ0v) is 17.3. The third-order valence-corrected chi connectivity index (χ3v) is 4.67. The highest BCUT2D eigenvalue weighted by Gasteiger charge is 2.30. The molecule has 1 aromatic heterocycles. The van der Waals surface area contributed by atoms with Crippen LogP contribution >= 0.6 is 24.0 Å². The van der Waals surface area contributed by atoms with Crippen LogP contribution in [-0.4, -0.2) is 44.1 Å². The molecule has 2 heterocycles. The SMILES string of the molecule is CC1(CCN=C(NCCc2ccco2)NC2CCCC2)OCCO1.I. The van der Waals surface area contributed by atoms with Crippen molar-refractivity contribution in [3.8, 4) is 0 Å². The van der Waals surface area contributed by atoms with E-state index >= 15 is 0 Å². The average molecular weight is 463 g/mol. The van der Waals surface area contributed by atoms with Gasteiger partial charge in [0, 0.05) is 32.0 Å². The molecule has 1 aromatic rings. The molecule has 1 saturated carbocycles. The Kier molecular flexibility index (Phi) is 8.51. The van der Waals surface area contributed by atoms with Crippen LogP contribution in [0.5, 0.6) is 0 Å². The van der Waals surface area contributed by atoms with Crippen LogP contribution < -0.4 is 10.6 Å². The van der Waals surface area contributed by atoms with Crippen molar-refractivity contribution in [2.24, 2.45) is 4.99 Å². The van der Waals surface area contributed by atoms with Gasteiger partial charge < -0.3 is 24.5 Å². The fourth-order valence-corrected chi connectivity index (χ4v) is 3.25. The molecule has 2 aliphatic rings. The van der Waals surface area contributed by atoms with Crippen molar-refractivity contribution >= 4 is 29.9 Å². The van der Waals surface area contributed by atoms with Crippen molar-refractivity contribution in [2.75, 3.05) is 26.3 Å². The monoisotopic (exact) mass is 463 g/mol. The molecule has 0 aromatic carbocycles. The Morgan fingerprint density at radius 1 is 1.28 bits per heavy atom. The van der Waals surface area contributed by atoms with Gasteiger partial charge >= 0.3 is 0 Å². The standard InChI is InChI=1S/C18H29N3O3.HI/c1-18(23-13-14-24-18)9-11-20-17(21-15-5-2-3-6-15)19-10-8-16-7-4-12-22-16;/h4,7,12,15H,2-3,5-6,8-11,13-14H2,1H3,(H2,19,20,21);1H. The quantitative estimate of drug-likeness (QED) is 0.370. The molecule has 6 nitrogen and oxygen atoms in total. The van der Waals surface area contributed by atoms with E-state index in [1.165, 1.54) is 25.7 Å². The average Bonchev–Trinajstić information content (AvgIpc) is 3.30. The summed E-state index contributed by atoms with van der Waals surface area (Å²) in [7, 11) is 0. The highest BCUT2D eigenvalue weighted by atomic mass is 127. The number of furan rings is 1. The summed E-state index contributed by atoms with van der Waals surface area (Å²) < 4.78 is 16.7. The first-order valence-electron chi connectivity index (χ1n) is 9.09. The summed E-state index contributed by atoms with van der Waals surface area (Å²) in [4.78, 5) is 4.72. The van der Waals surface area contributed by atoms with Gasteiger partial charge in [-0.05, 0) is 31.9 Å². The molecule has 0 bridgehead atoms. The second-order valence-corrected chi connectivity index (χ2v) is 6.69. The normalized spacial score (nSPS) is 20.4. The second-order valence-electron chi connectivity index (χ2n) is 6.69. The summed E-state index contributed by atoms with van der Waals surface area (Å²) in [6.07, 6.45) is 8.38. The minimum atomic E-state index is -0.476. The molecule has 3 rings (SSSR count). The van der Waals surface area contributed by atoms with Crippen LogP contribution in [0.1, 0.15) is 44.8 Å². The number of hydrogen-bond acceptors (Lipinski definition) is 4. The molecule has 1 aliphatic heterocycles. The largest absolute Gasteiger partial charge is 0.469 e. The number of nitrogens with one attached hydrogen (secondary N) is 2. The summed E-state index contributed by atoms with van der Waals surface area (Å²) in [6, 6.07) is 4.46. The van der Waals surface area contributed by atoms with Gasteiger partial charge in [0.15, 0.2) is 11.7 Å². The Labute approximate surface area is 167 Å². The second kappa shape index (κ2) is 10.4. The third-order valence-electron chi connectivity index (χ3n) is 4.67. The molecule has 1 aliphatic carbocycles. The predicted molar refractivity (Wildman–Crippen MR) is 108 cm³/mol. The highest BCUT2D eigenvalue weighted by molar-refractivity contribution is 14.0. The fourth-order valence-electron chi connectivity index (χ4n) is 3.25. The van der Waals surface area contributed by atoms with E-state index in [0.717, 1.165) is 31.1 Å². The van der Waals surface area contributed by atoms with Crippen molar-refractivity contribution in [1.29, 1.82) is 0 Å². The number of nitrogens with zero attached hydrogens (tertiary/aromatic N) is 1. The molecule has 2 fully saturated rings. The Morgan fingerprint density at radius 3 is 2.72 bits per heavy atom. The number of ether oxygens (including phenoxy) is 2. The fraction of sp³-hybridized carbons (Fsp3) is 0.722. The molecular weight excluding hydrogens is 433 g/mol. The summed E-state index contributed by atoms with van der Waals surface area (Å²) in [6.45, 7) is 4.82. The van der Waals surface area contributed by atoms with Crippen molar-refractivity contribution in [3.63, 3.8) is 0 Å². The lowest BCUT2D eigenvalue weighted by Crippen LogP contribution is -2.43. The first kappa shape index (κ1) is 20.5. The first-order valence-corrected chi connectivity index (χ1v) is 9.09. The molecule has 0 radical (unpaired) electrons. The number of guanidine groups is 1. The number of aliphatic imine (C=N–C) groups is 1. The Bertz CT molecular complexity index is 510. The molecule has 2 N–H and O–H groups in total. The van der Waals surface area contributed by atoms with Crippen LogP contribution in [0, 0.1) is 0 Å². The van der Waals surface area contributed by atoms with E-state index < -0.39 is 5.79 Å². The molecular formula is C18H30IN3O3. The van der Waals surface area contributed by atoms with Crippen molar-refractivity contribution < 1.29 is 13.9 Å². The van der Waals surface area contributed by atoms with Gasteiger partial charge in [-0.25, -0.2) is 0 Å². The van der Waals surface area contributed by atoms with E-state index in [0.29, 0.717) is 25.8 Å². The number of hydrogen-bond donors (Lipinski definition) is 2. The van der Waals surface area contributed by atoms with Crippen LogP contribution in [0.3, 0.4) is 0 Å². The number of rotatable bonds is 7. The van der Waals surface area contributed by atoms with Gasteiger partial charge in [0.1, 0.15) is 5.76 Å². The molecule has 0 unspecified atom stereocenters. The minimum Gasteiger partial charge on any atom is -0.469 e. The third kappa shape index (κ3) is 6.79. The summed E-state index contributed by atoms with van der Waals surface area (Å²) in [5.74, 6) is 1.40. The lowest BCUT2D eigenvalue weighted by atomic mass is 10.2. The van der Waals surface area contributed by atoms with Crippen molar-refractivity contribution in [3.05, 3.63) is 24.2 Å². The Morgan fingerprint density at radius 2 is 2.04 bits per heavy atom. The van der Waals surface area contributed by atoms with E-state index in [9.17, 15) is 0 Å². The zero-order valence-electron chi connectivity index (χ0n) is 15.0. The number of halogens is 1. The molecule has 142 valence electrons. The molecule has 7 heteroatoms. The maximum Gasteiger partial charge on any atom is 0.191 e. The van der Waals surface area contributed by atoms with Gasteiger partial charge in [-0.2, -0.15) is 0 Å².